The first-order valence-corrected chi connectivity index (χ1v) is 11.2. The summed E-state index contributed by atoms with van der Waals surface area (Å²) in [6.07, 6.45) is 3.82. The third-order valence-corrected chi connectivity index (χ3v) is 6.55. The highest BCUT2D eigenvalue weighted by atomic mass is 32.1. The number of hydrogen-bond acceptors (Lipinski definition) is 5. The van der Waals surface area contributed by atoms with Crippen LogP contribution in [0, 0.1) is 11.8 Å². The lowest BCUT2D eigenvalue weighted by atomic mass is 9.97. The summed E-state index contributed by atoms with van der Waals surface area (Å²) in [6.45, 7) is 8.78. The van der Waals surface area contributed by atoms with Gasteiger partial charge in [-0.05, 0) is 61.3 Å². The maximum Gasteiger partial charge on any atom is 0.287 e. The van der Waals surface area contributed by atoms with Crippen molar-refractivity contribution in [2.45, 2.75) is 45.7 Å². The van der Waals surface area contributed by atoms with Gasteiger partial charge >= 0.3 is 0 Å². The van der Waals surface area contributed by atoms with E-state index in [1.165, 1.54) is 24.0 Å². The van der Waals surface area contributed by atoms with Gasteiger partial charge in [0.2, 0.25) is 5.91 Å². The van der Waals surface area contributed by atoms with E-state index in [1.807, 2.05) is 13.8 Å². The van der Waals surface area contributed by atoms with E-state index in [0.29, 0.717) is 6.54 Å². The fraction of sp³-hybridized carbons (Fsp3) is 0.545. The third-order valence-electron chi connectivity index (χ3n) is 5.58. The Hall–Kier alpha value is -2.12. The summed E-state index contributed by atoms with van der Waals surface area (Å²) < 4.78 is 5.14. The van der Waals surface area contributed by atoms with Crippen LogP contribution in [0.25, 0.3) is 0 Å². The van der Waals surface area contributed by atoms with Crippen molar-refractivity contribution in [3.05, 3.63) is 46.5 Å². The third kappa shape index (κ3) is 5.70. The minimum atomic E-state index is -0.613. The molecule has 0 unspecified atom stereocenters. The molecule has 0 saturated carbocycles. The molecule has 0 spiro atoms. The fourth-order valence-corrected chi connectivity index (χ4v) is 4.55. The monoisotopic (exact) mass is 417 g/mol. The Kier molecular flexibility index (Phi) is 7.50. The number of carbonyl (C=O) groups is 2. The number of furan rings is 1. The van der Waals surface area contributed by atoms with Crippen molar-refractivity contribution in [1.82, 2.24) is 15.5 Å². The van der Waals surface area contributed by atoms with Gasteiger partial charge in [0.15, 0.2) is 5.76 Å². The van der Waals surface area contributed by atoms with Crippen molar-refractivity contribution in [2.75, 3.05) is 19.6 Å². The maximum absolute atomic E-state index is 12.9. The zero-order valence-electron chi connectivity index (χ0n) is 17.4. The van der Waals surface area contributed by atoms with Gasteiger partial charge in [0, 0.05) is 11.4 Å². The van der Waals surface area contributed by atoms with E-state index in [-0.39, 0.29) is 29.5 Å². The number of thiophene rings is 1. The molecular formula is C22H31N3O3S. The summed E-state index contributed by atoms with van der Waals surface area (Å²) in [7, 11) is 0. The minimum absolute atomic E-state index is 0.0371. The van der Waals surface area contributed by atoms with Gasteiger partial charge in [-0.25, -0.2) is 0 Å². The van der Waals surface area contributed by atoms with Crippen LogP contribution in [-0.4, -0.2) is 42.4 Å². The fourth-order valence-electron chi connectivity index (χ4n) is 3.69. The van der Waals surface area contributed by atoms with Gasteiger partial charge in [-0.15, -0.1) is 11.3 Å². The summed E-state index contributed by atoms with van der Waals surface area (Å²) >= 11 is 1.73. The lowest BCUT2D eigenvalue weighted by Gasteiger charge is -2.36. The molecule has 2 N–H and O–H groups in total. The molecule has 1 saturated heterocycles. The molecule has 3 heterocycles. The number of rotatable bonds is 8. The van der Waals surface area contributed by atoms with E-state index in [1.54, 1.807) is 23.5 Å². The van der Waals surface area contributed by atoms with E-state index >= 15 is 0 Å². The number of amides is 2. The number of likely N-dealkylation sites (tertiary alicyclic amines) is 1. The molecule has 0 aromatic carbocycles. The minimum Gasteiger partial charge on any atom is -0.459 e. The molecule has 0 radical (unpaired) electrons. The SMILES string of the molecule is CC1CCN([C@@H](CNC(=O)[C@@H](NC(=O)c2ccco2)C(C)C)c2cccs2)CC1. The topological polar surface area (TPSA) is 74.6 Å². The molecule has 0 aliphatic carbocycles. The Morgan fingerprint density at radius 2 is 2.00 bits per heavy atom. The highest BCUT2D eigenvalue weighted by Gasteiger charge is 2.29. The van der Waals surface area contributed by atoms with Gasteiger partial charge in [-0.2, -0.15) is 0 Å². The van der Waals surface area contributed by atoms with Crippen LogP contribution in [0.2, 0.25) is 0 Å². The second-order valence-corrected chi connectivity index (χ2v) is 9.15. The molecule has 2 aromatic rings. The normalized spacial score (nSPS) is 17.8. The van der Waals surface area contributed by atoms with Crippen molar-refractivity contribution in [3.8, 4) is 0 Å². The Bertz CT molecular complexity index is 765. The highest BCUT2D eigenvalue weighted by molar-refractivity contribution is 7.10. The predicted molar refractivity (Wildman–Crippen MR) is 115 cm³/mol. The molecule has 2 aromatic heterocycles. The molecule has 2 amide bonds. The van der Waals surface area contributed by atoms with Gasteiger partial charge in [0.05, 0.1) is 12.3 Å². The first-order valence-electron chi connectivity index (χ1n) is 10.3. The average molecular weight is 418 g/mol. The number of carbonyl (C=O) groups excluding carboxylic acids is 2. The zero-order chi connectivity index (χ0) is 20.8. The van der Waals surface area contributed by atoms with E-state index in [4.69, 9.17) is 4.42 Å². The Labute approximate surface area is 176 Å². The second kappa shape index (κ2) is 10.1. The number of piperidine rings is 1. The van der Waals surface area contributed by atoms with Crippen molar-refractivity contribution in [1.29, 1.82) is 0 Å². The van der Waals surface area contributed by atoms with Gasteiger partial charge in [-0.1, -0.05) is 26.8 Å². The Balaban J connectivity index is 1.63. The predicted octanol–water partition coefficient (Wildman–Crippen LogP) is 3.68. The highest BCUT2D eigenvalue weighted by Crippen LogP contribution is 2.29. The maximum atomic E-state index is 12.9. The molecule has 1 aliphatic rings. The molecule has 3 rings (SSSR count). The van der Waals surface area contributed by atoms with Crippen molar-refractivity contribution in [2.24, 2.45) is 11.8 Å². The summed E-state index contributed by atoms with van der Waals surface area (Å²) in [6, 6.07) is 7.00. The van der Waals surface area contributed by atoms with E-state index < -0.39 is 6.04 Å². The van der Waals surface area contributed by atoms with Crippen LogP contribution in [0.4, 0.5) is 0 Å². The van der Waals surface area contributed by atoms with Crippen LogP contribution in [0.3, 0.4) is 0 Å². The van der Waals surface area contributed by atoms with Crippen molar-refractivity contribution in [3.63, 3.8) is 0 Å². The molecule has 158 valence electrons. The molecule has 6 nitrogen and oxygen atoms in total. The van der Waals surface area contributed by atoms with E-state index in [0.717, 1.165) is 19.0 Å². The largest absolute Gasteiger partial charge is 0.459 e. The van der Waals surface area contributed by atoms with Crippen molar-refractivity contribution < 1.29 is 14.0 Å². The summed E-state index contributed by atoms with van der Waals surface area (Å²) in [5.41, 5.74) is 0. The Morgan fingerprint density at radius 3 is 2.59 bits per heavy atom. The average Bonchev–Trinajstić information content (AvgIpc) is 3.41. The number of hydrogen-bond donors (Lipinski definition) is 2. The lowest BCUT2D eigenvalue weighted by molar-refractivity contribution is -0.124. The number of nitrogens with one attached hydrogen (secondary N) is 2. The summed E-state index contributed by atoms with van der Waals surface area (Å²) in [5, 5.41) is 7.98. The standard InChI is InChI=1S/C22H31N3O3S/c1-15(2)20(24-21(26)18-6-4-12-28-18)22(27)23-14-17(19-7-5-13-29-19)25-10-8-16(3)9-11-25/h4-7,12-13,15-17,20H,8-11,14H2,1-3H3,(H,23,27)(H,24,26)/t17-,20-/m0/s1. The van der Waals surface area contributed by atoms with Crippen LogP contribution in [0.1, 0.15) is 55.1 Å². The van der Waals surface area contributed by atoms with Crippen LogP contribution in [-0.2, 0) is 4.79 Å². The van der Waals surface area contributed by atoms with Crippen LogP contribution < -0.4 is 10.6 Å². The van der Waals surface area contributed by atoms with E-state index in [2.05, 4.69) is 40.0 Å². The van der Waals surface area contributed by atoms with Crippen molar-refractivity contribution >= 4 is 23.2 Å². The van der Waals surface area contributed by atoms with Gasteiger partial charge < -0.3 is 15.1 Å². The molecule has 1 fully saturated rings. The summed E-state index contributed by atoms with van der Waals surface area (Å²) in [5.74, 6) is 0.398. The second-order valence-electron chi connectivity index (χ2n) is 8.17. The molecule has 1 aliphatic heterocycles. The quantitative estimate of drug-likeness (QED) is 0.687. The van der Waals surface area contributed by atoms with Crippen LogP contribution >= 0.6 is 11.3 Å². The zero-order valence-corrected chi connectivity index (χ0v) is 18.2. The van der Waals surface area contributed by atoms with Gasteiger partial charge in [0.1, 0.15) is 6.04 Å². The molecule has 0 bridgehead atoms. The first-order chi connectivity index (χ1) is 14.0. The molecule has 7 heteroatoms. The van der Waals surface area contributed by atoms with E-state index in [9.17, 15) is 9.59 Å². The number of nitrogens with zero attached hydrogens (tertiary/aromatic N) is 1. The summed E-state index contributed by atoms with van der Waals surface area (Å²) in [4.78, 5) is 29.0. The van der Waals surface area contributed by atoms with Gasteiger partial charge in [-0.3, -0.25) is 14.5 Å². The van der Waals surface area contributed by atoms with Crippen LogP contribution in [0.5, 0.6) is 0 Å². The molecule has 2 atom stereocenters. The van der Waals surface area contributed by atoms with Gasteiger partial charge in [0.25, 0.3) is 5.91 Å². The Morgan fingerprint density at radius 1 is 1.24 bits per heavy atom. The first kappa shape index (κ1) is 21.6. The molecule has 29 heavy (non-hydrogen) atoms. The smallest absolute Gasteiger partial charge is 0.287 e. The van der Waals surface area contributed by atoms with Crippen LogP contribution in [0.15, 0.2) is 40.3 Å². The molecular weight excluding hydrogens is 386 g/mol. The lowest BCUT2D eigenvalue weighted by Crippen LogP contribution is -2.51.